The Morgan fingerprint density at radius 1 is 1.06 bits per heavy atom. The van der Waals surface area contributed by atoms with Crippen LogP contribution >= 0.6 is 27.5 Å². The van der Waals surface area contributed by atoms with Crippen LogP contribution in [0.2, 0.25) is 5.02 Å². The SMILES string of the molecule is CN(Cc1ccccc1)Cc1ccc(Br)cc1Cl. The highest BCUT2D eigenvalue weighted by Crippen LogP contribution is 2.22. The van der Waals surface area contributed by atoms with E-state index in [9.17, 15) is 0 Å². The molecule has 0 aliphatic rings. The van der Waals surface area contributed by atoms with Crippen LogP contribution in [-0.4, -0.2) is 11.9 Å². The van der Waals surface area contributed by atoms with Gasteiger partial charge in [0.2, 0.25) is 0 Å². The molecule has 2 aromatic carbocycles. The molecule has 0 bridgehead atoms. The fourth-order valence-electron chi connectivity index (χ4n) is 1.89. The van der Waals surface area contributed by atoms with E-state index in [4.69, 9.17) is 11.6 Å². The zero-order chi connectivity index (χ0) is 13.0. The Hall–Kier alpha value is -0.830. The van der Waals surface area contributed by atoms with Crippen LogP contribution in [0.3, 0.4) is 0 Å². The molecule has 0 amide bonds. The first-order valence-electron chi connectivity index (χ1n) is 5.81. The molecule has 0 aliphatic carbocycles. The van der Waals surface area contributed by atoms with Crippen molar-refractivity contribution in [1.29, 1.82) is 0 Å². The van der Waals surface area contributed by atoms with Gasteiger partial charge in [0.1, 0.15) is 0 Å². The van der Waals surface area contributed by atoms with Crippen molar-refractivity contribution in [3.63, 3.8) is 0 Å². The number of hydrogen-bond donors (Lipinski definition) is 0. The average molecular weight is 325 g/mol. The van der Waals surface area contributed by atoms with Crippen molar-refractivity contribution in [3.8, 4) is 0 Å². The van der Waals surface area contributed by atoms with Gasteiger partial charge in [0.15, 0.2) is 0 Å². The summed E-state index contributed by atoms with van der Waals surface area (Å²) >= 11 is 9.64. The predicted molar refractivity (Wildman–Crippen MR) is 80.8 cm³/mol. The smallest absolute Gasteiger partial charge is 0.0462 e. The van der Waals surface area contributed by atoms with Crippen LogP contribution in [-0.2, 0) is 13.1 Å². The van der Waals surface area contributed by atoms with E-state index in [1.807, 2.05) is 18.2 Å². The van der Waals surface area contributed by atoms with E-state index in [1.54, 1.807) is 0 Å². The summed E-state index contributed by atoms with van der Waals surface area (Å²) in [5, 5.41) is 0.810. The van der Waals surface area contributed by atoms with Gasteiger partial charge in [-0.3, -0.25) is 4.90 Å². The maximum absolute atomic E-state index is 6.22. The maximum atomic E-state index is 6.22. The lowest BCUT2D eigenvalue weighted by Crippen LogP contribution is -2.17. The Morgan fingerprint density at radius 3 is 2.44 bits per heavy atom. The summed E-state index contributed by atoms with van der Waals surface area (Å²) in [5.74, 6) is 0. The molecule has 94 valence electrons. The monoisotopic (exact) mass is 323 g/mol. The largest absolute Gasteiger partial charge is 0.298 e. The van der Waals surface area contributed by atoms with E-state index in [1.165, 1.54) is 5.56 Å². The molecular formula is C15H15BrClN. The summed E-state index contributed by atoms with van der Waals surface area (Å²) in [7, 11) is 2.10. The van der Waals surface area contributed by atoms with Gasteiger partial charge in [-0.05, 0) is 30.3 Å². The number of benzene rings is 2. The second kappa shape index (κ2) is 6.37. The topological polar surface area (TPSA) is 3.24 Å². The minimum atomic E-state index is 0.810. The first-order chi connectivity index (χ1) is 8.65. The van der Waals surface area contributed by atoms with Crippen molar-refractivity contribution in [2.45, 2.75) is 13.1 Å². The van der Waals surface area contributed by atoms with Gasteiger partial charge < -0.3 is 0 Å². The van der Waals surface area contributed by atoms with Crippen molar-refractivity contribution in [2.24, 2.45) is 0 Å². The van der Waals surface area contributed by atoms with Crippen LogP contribution in [0.25, 0.3) is 0 Å². The standard InChI is InChI=1S/C15H15BrClN/c1-18(10-12-5-3-2-4-6-12)11-13-7-8-14(16)9-15(13)17/h2-9H,10-11H2,1H3. The van der Waals surface area contributed by atoms with E-state index < -0.39 is 0 Å². The quantitative estimate of drug-likeness (QED) is 0.785. The average Bonchev–Trinajstić information content (AvgIpc) is 2.34. The van der Waals surface area contributed by atoms with Gasteiger partial charge in [0, 0.05) is 22.6 Å². The maximum Gasteiger partial charge on any atom is 0.0462 e. The Labute approximate surface area is 122 Å². The fourth-order valence-corrected chi connectivity index (χ4v) is 2.62. The van der Waals surface area contributed by atoms with Gasteiger partial charge in [-0.25, -0.2) is 0 Å². The van der Waals surface area contributed by atoms with Crippen molar-refractivity contribution < 1.29 is 0 Å². The molecule has 0 heterocycles. The lowest BCUT2D eigenvalue weighted by atomic mass is 10.2. The summed E-state index contributed by atoms with van der Waals surface area (Å²) in [6.45, 7) is 1.77. The zero-order valence-electron chi connectivity index (χ0n) is 10.2. The third kappa shape index (κ3) is 3.84. The molecule has 1 nitrogen and oxygen atoms in total. The minimum absolute atomic E-state index is 0.810. The Balaban J connectivity index is 2.01. The highest BCUT2D eigenvalue weighted by molar-refractivity contribution is 9.10. The van der Waals surface area contributed by atoms with Crippen LogP contribution in [0.15, 0.2) is 53.0 Å². The van der Waals surface area contributed by atoms with E-state index in [2.05, 4.69) is 58.2 Å². The predicted octanol–water partition coefficient (Wildman–Crippen LogP) is 4.73. The molecule has 0 aromatic heterocycles. The second-order valence-electron chi connectivity index (χ2n) is 4.39. The first kappa shape index (κ1) is 13.6. The van der Waals surface area contributed by atoms with Gasteiger partial charge in [-0.2, -0.15) is 0 Å². The molecule has 18 heavy (non-hydrogen) atoms. The molecule has 0 saturated carbocycles. The first-order valence-corrected chi connectivity index (χ1v) is 6.98. The molecule has 0 saturated heterocycles. The zero-order valence-corrected chi connectivity index (χ0v) is 12.6. The van der Waals surface area contributed by atoms with E-state index >= 15 is 0 Å². The Morgan fingerprint density at radius 2 is 1.78 bits per heavy atom. The van der Waals surface area contributed by atoms with Crippen LogP contribution in [0.5, 0.6) is 0 Å². The lowest BCUT2D eigenvalue weighted by molar-refractivity contribution is 0.319. The molecule has 0 fully saturated rings. The highest BCUT2D eigenvalue weighted by Gasteiger charge is 2.05. The molecule has 0 atom stereocenters. The molecule has 2 aromatic rings. The molecule has 0 aliphatic heterocycles. The molecule has 0 N–H and O–H groups in total. The van der Waals surface area contributed by atoms with Crippen LogP contribution in [0, 0.1) is 0 Å². The van der Waals surface area contributed by atoms with Gasteiger partial charge in [-0.15, -0.1) is 0 Å². The normalized spacial score (nSPS) is 10.9. The summed E-state index contributed by atoms with van der Waals surface area (Å²) in [6, 6.07) is 16.5. The van der Waals surface area contributed by atoms with Crippen molar-refractivity contribution >= 4 is 27.5 Å². The fraction of sp³-hybridized carbons (Fsp3) is 0.200. The highest BCUT2D eigenvalue weighted by atomic mass is 79.9. The van der Waals surface area contributed by atoms with Gasteiger partial charge in [-0.1, -0.05) is 63.9 Å². The number of nitrogens with zero attached hydrogens (tertiary/aromatic N) is 1. The van der Waals surface area contributed by atoms with E-state index in [-0.39, 0.29) is 0 Å². The number of hydrogen-bond acceptors (Lipinski definition) is 1. The Bertz CT molecular complexity index is 513. The van der Waals surface area contributed by atoms with E-state index in [0.717, 1.165) is 28.1 Å². The van der Waals surface area contributed by atoms with Crippen molar-refractivity contribution in [2.75, 3.05) is 7.05 Å². The summed E-state index contributed by atoms with van der Waals surface area (Å²) in [4.78, 5) is 2.25. The molecule has 3 heteroatoms. The summed E-state index contributed by atoms with van der Waals surface area (Å²) < 4.78 is 1.02. The van der Waals surface area contributed by atoms with Gasteiger partial charge in [0.25, 0.3) is 0 Å². The summed E-state index contributed by atoms with van der Waals surface area (Å²) in [6.07, 6.45) is 0. The molecule has 0 spiro atoms. The summed E-state index contributed by atoms with van der Waals surface area (Å²) in [5.41, 5.74) is 2.46. The third-order valence-corrected chi connectivity index (χ3v) is 3.60. The van der Waals surface area contributed by atoms with Crippen LogP contribution < -0.4 is 0 Å². The Kier molecular flexibility index (Phi) is 4.81. The molecular weight excluding hydrogens is 310 g/mol. The minimum Gasteiger partial charge on any atom is -0.298 e. The lowest BCUT2D eigenvalue weighted by Gasteiger charge is -2.17. The van der Waals surface area contributed by atoms with E-state index in [0.29, 0.717) is 0 Å². The molecule has 0 radical (unpaired) electrons. The van der Waals surface area contributed by atoms with Gasteiger partial charge in [0.05, 0.1) is 0 Å². The van der Waals surface area contributed by atoms with Crippen LogP contribution in [0.4, 0.5) is 0 Å². The number of rotatable bonds is 4. The molecule has 0 unspecified atom stereocenters. The van der Waals surface area contributed by atoms with Gasteiger partial charge >= 0.3 is 0 Å². The second-order valence-corrected chi connectivity index (χ2v) is 5.72. The van der Waals surface area contributed by atoms with Crippen molar-refractivity contribution in [3.05, 3.63) is 69.2 Å². The van der Waals surface area contributed by atoms with Crippen LogP contribution in [0.1, 0.15) is 11.1 Å². The third-order valence-electron chi connectivity index (χ3n) is 2.75. The van der Waals surface area contributed by atoms with Crippen molar-refractivity contribution in [1.82, 2.24) is 4.90 Å². The molecule has 2 rings (SSSR count). The number of halogens is 2.